The Kier molecular flexibility index (Phi) is 6.78. The number of nitrogens with one attached hydrogen (secondary N) is 1. The van der Waals surface area contributed by atoms with Gasteiger partial charge in [0.05, 0.1) is 7.11 Å². The number of methoxy groups -OCH3 is 1. The molecule has 1 heterocycles. The van der Waals surface area contributed by atoms with Crippen LogP contribution in [0.25, 0.3) is 0 Å². The maximum atomic E-state index is 11.7. The van der Waals surface area contributed by atoms with E-state index in [9.17, 15) is 14.4 Å². The summed E-state index contributed by atoms with van der Waals surface area (Å²) in [5.74, 6) is -0.405. The number of amides is 1. The molecule has 138 valence electrons. The van der Waals surface area contributed by atoms with Crippen LogP contribution in [0.5, 0.6) is 5.75 Å². The summed E-state index contributed by atoms with van der Waals surface area (Å²) in [6.07, 6.45) is 0. The van der Waals surface area contributed by atoms with Crippen molar-refractivity contribution in [1.82, 2.24) is 5.32 Å². The number of hydrogen-bond donors (Lipinski definition) is 1. The van der Waals surface area contributed by atoms with Crippen molar-refractivity contribution in [2.45, 2.75) is 13.5 Å². The number of carbonyl (C=O) groups is 3. The summed E-state index contributed by atoms with van der Waals surface area (Å²) in [4.78, 5) is 34.8. The van der Waals surface area contributed by atoms with E-state index in [0.29, 0.717) is 17.3 Å². The van der Waals surface area contributed by atoms with Crippen molar-refractivity contribution < 1.29 is 33.0 Å². The fourth-order valence-electron chi connectivity index (χ4n) is 2.02. The highest BCUT2D eigenvalue weighted by Crippen LogP contribution is 2.16. The molecule has 0 unspecified atom stereocenters. The van der Waals surface area contributed by atoms with Crippen LogP contribution < -0.4 is 10.1 Å². The van der Waals surface area contributed by atoms with Crippen molar-refractivity contribution in [2.24, 2.45) is 0 Å². The van der Waals surface area contributed by atoms with Crippen LogP contribution in [-0.2, 0) is 25.7 Å². The van der Waals surface area contributed by atoms with Crippen molar-refractivity contribution >= 4 is 17.8 Å². The molecule has 2 aromatic rings. The number of benzene rings is 1. The molecule has 1 aromatic carbocycles. The number of furan rings is 1. The highest BCUT2D eigenvalue weighted by Gasteiger charge is 2.16. The molecule has 8 heteroatoms. The van der Waals surface area contributed by atoms with Gasteiger partial charge >= 0.3 is 11.9 Å². The molecule has 0 saturated heterocycles. The average Bonchev–Trinajstić information content (AvgIpc) is 3.04. The minimum Gasteiger partial charge on any atom is -0.484 e. The average molecular weight is 361 g/mol. The second-order valence-electron chi connectivity index (χ2n) is 5.21. The fourth-order valence-corrected chi connectivity index (χ4v) is 2.02. The van der Waals surface area contributed by atoms with Crippen LogP contribution in [0.2, 0.25) is 0 Å². The lowest BCUT2D eigenvalue weighted by molar-refractivity contribution is -0.145. The standard InChI is InChI=1S/C18H19NO7/c1-12-15(18(22)23-2)8-14(26-12)10-25-17(21)9-19-16(20)11-24-13-6-4-3-5-7-13/h3-8H,9-11H2,1-2H3,(H,19,20). The summed E-state index contributed by atoms with van der Waals surface area (Å²) in [7, 11) is 1.26. The Morgan fingerprint density at radius 2 is 1.88 bits per heavy atom. The largest absolute Gasteiger partial charge is 0.484 e. The van der Waals surface area contributed by atoms with Crippen LogP contribution in [0, 0.1) is 6.92 Å². The first-order valence-electron chi connectivity index (χ1n) is 7.77. The summed E-state index contributed by atoms with van der Waals surface area (Å²) >= 11 is 0. The molecule has 0 fully saturated rings. The summed E-state index contributed by atoms with van der Waals surface area (Å²) in [6, 6.07) is 10.3. The third-order valence-corrected chi connectivity index (χ3v) is 3.29. The Hall–Kier alpha value is -3.29. The number of ether oxygens (including phenoxy) is 3. The number of aryl methyl sites for hydroxylation is 1. The molecule has 26 heavy (non-hydrogen) atoms. The SMILES string of the molecule is COC(=O)c1cc(COC(=O)CNC(=O)COc2ccccc2)oc1C. The summed E-state index contributed by atoms with van der Waals surface area (Å²) in [5.41, 5.74) is 0.268. The molecule has 0 bridgehead atoms. The van der Waals surface area contributed by atoms with Crippen LogP contribution in [0.15, 0.2) is 40.8 Å². The summed E-state index contributed by atoms with van der Waals surface area (Å²) in [5, 5.41) is 2.39. The lowest BCUT2D eigenvalue weighted by Gasteiger charge is -2.07. The second kappa shape index (κ2) is 9.26. The van der Waals surface area contributed by atoms with E-state index >= 15 is 0 Å². The molecule has 8 nitrogen and oxygen atoms in total. The zero-order valence-electron chi connectivity index (χ0n) is 14.4. The van der Waals surface area contributed by atoms with Crippen LogP contribution in [0.4, 0.5) is 0 Å². The van der Waals surface area contributed by atoms with Gasteiger partial charge in [0, 0.05) is 0 Å². The Balaban J connectivity index is 1.70. The van der Waals surface area contributed by atoms with E-state index in [4.69, 9.17) is 13.9 Å². The molecule has 0 aliphatic heterocycles. The number of esters is 2. The van der Waals surface area contributed by atoms with E-state index < -0.39 is 17.8 Å². The topological polar surface area (TPSA) is 104 Å². The Labute approximate surface area is 150 Å². The predicted molar refractivity (Wildman–Crippen MR) is 89.5 cm³/mol. The Morgan fingerprint density at radius 1 is 1.15 bits per heavy atom. The van der Waals surface area contributed by atoms with Gasteiger partial charge < -0.3 is 23.9 Å². The number of para-hydroxylation sites is 1. The first-order valence-corrected chi connectivity index (χ1v) is 7.77. The molecule has 0 atom stereocenters. The normalized spacial score (nSPS) is 10.1. The smallest absolute Gasteiger partial charge is 0.341 e. The fraction of sp³-hybridized carbons (Fsp3) is 0.278. The molecule has 0 spiro atoms. The van der Waals surface area contributed by atoms with Crippen molar-refractivity contribution in [3.63, 3.8) is 0 Å². The van der Waals surface area contributed by atoms with Crippen LogP contribution in [-0.4, -0.2) is 38.1 Å². The van der Waals surface area contributed by atoms with Crippen LogP contribution in [0.1, 0.15) is 21.9 Å². The molecular formula is C18H19NO7. The minimum absolute atomic E-state index is 0.160. The third kappa shape index (κ3) is 5.66. The summed E-state index contributed by atoms with van der Waals surface area (Å²) in [6.45, 7) is 0.926. The molecule has 0 radical (unpaired) electrons. The number of carbonyl (C=O) groups excluding carboxylic acids is 3. The van der Waals surface area contributed by atoms with Gasteiger partial charge in [0.15, 0.2) is 6.61 Å². The van der Waals surface area contributed by atoms with E-state index in [-0.39, 0.29) is 25.3 Å². The lowest BCUT2D eigenvalue weighted by Crippen LogP contribution is -2.34. The van der Waals surface area contributed by atoms with Gasteiger partial charge in [-0.25, -0.2) is 4.79 Å². The van der Waals surface area contributed by atoms with Gasteiger partial charge in [-0.05, 0) is 25.1 Å². The molecule has 1 N–H and O–H groups in total. The predicted octanol–water partition coefficient (Wildman–Crippen LogP) is 1.61. The zero-order chi connectivity index (χ0) is 18.9. The van der Waals surface area contributed by atoms with E-state index in [1.165, 1.54) is 13.2 Å². The molecule has 0 saturated carbocycles. The maximum absolute atomic E-state index is 11.7. The lowest BCUT2D eigenvalue weighted by atomic mass is 10.2. The quantitative estimate of drug-likeness (QED) is 0.712. The van der Waals surface area contributed by atoms with E-state index in [1.54, 1.807) is 31.2 Å². The maximum Gasteiger partial charge on any atom is 0.341 e. The minimum atomic E-state index is -0.647. The highest BCUT2D eigenvalue weighted by atomic mass is 16.5. The van der Waals surface area contributed by atoms with Crippen molar-refractivity contribution in [1.29, 1.82) is 0 Å². The van der Waals surface area contributed by atoms with Gasteiger partial charge in [-0.2, -0.15) is 0 Å². The van der Waals surface area contributed by atoms with Gasteiger partial charge in [0.2, 0.25) is 0 Å². The van der Waals surface area contributed by atoms with Gasteiger partial charge in [0.1, 0.15) is 36.0 Å². The molecule has 2 rings (SSSR count). The van der Waals surface area contributed by atoms with Crippen molar-refractivity contribution in [2.75, 3.05) is 20.3 Å². The number of hydrogen-bond acceptors (Lipinski definition) is 7. The zero-order valence-corrected chi connectivity index (χ0v) is 14.4. The van der Waals surface area contributed by atoms with Crippen molar-refractivity contribution in [3.05, 3.63) is 53.5 Å². The monoisotopic (exact) mass is 361 g/mol. The molecule has 1 aromatic heterocycles. The molecule has 1 amide bonds. The van der Waals surface area contributed by atoms with E-state index in [2.05, 4.69) is 10.1 Å². The Morgan fingerprint density at radius 3 is 2.58 bits per heavy atom. The van der Waals surface area contributed by atoms with Crippen molar-refractivity contribution in [3.8, 4) is 5.75 Å². The third-order valence-electron chi connectivity index (χ3n) is 3.29. The van der Waals surface area contributed by atoms with Gasteiger partial charge in [-0.3, -0.25) is 9.59 Å². The second-order valence-corrected chi connectivity index (χ2v) is 5.21. The first-order chi connectivity index (χ1) is 12.5. The summed E-state index contributed by atoms with van der Waals surface area (Å²) < 4.78 is 20.2. The van der Waals surface area contributed by atoms with Gasteiger partial charge in [-0.15, -0.1) is 0 Å². The van der Waals surface area contributed by atoms with E-state index in [1.807, 2.05) is 6.07 Å². The van der Waals surface area contributed by atoms with Gasteiger partial charge in [-0.1, -0.05) is 18.2 Å². The van der Waals surface area contributed by atoms with Gasteiger partial charge in [0.25, 0.3) is 5.91 Å². The molecule has 0 aliphatic carbocycles. The first kappa shape index (κ1) is 19.0. The van der Waals surface area contributed by atoms with E-state index in [0.717, 1.165) is 0 Å². The van der Waals surface area contributed by atoms with Crippen LogP contribution >= 0.6 is 0 Å². The van der Waals surface area contributed by atoms with Crippen LogP contribution in [0.3, 0.4) is 0 Å². The Bertz CT molecular complexity index is 767. The number of rotatable bonds is 8. The molecule has 0 aliphatic rings. The molecular weight excluding hydrogens is 342 g/mol. The highest BCUT2D eigenvalue weighted by molar-refractivity contribution is 5.90.